The van der Waals surface area contributed by atoms with Crippen LogP contribution in [0, 0.1) is 6.92 Å². The Morgan fingerprint density at radius 2 is 1.94 bits per heavy atom. The molecule has 11 heteroatoms. The van der Waals surface area contributed by atoms with E-state index in [4.69, 9.17) is 9.26 Å². The Morgan fingerprint density at radius 3 is 2.73 bits per heavy atom. The Bertz CT molecular complexity index is 1480. The normalized spacial score (nSPS) is 12.0. The number of nitrogens with zero attached hydrogens (tertiary/aromatic N) is 5. The van der Waals surface area contributed by atoms with Gasteiger partial charge in [-0.15, -0.1) is 10.2 Å². The number of thioether (sulfide) groups is 1. The minimum absolute atomic E-state index is 0.0913. The summed E-state index contributed by atoms with van der Waals surface area (Å²) >= 11 is 1.33. The highest BCUT2D eigenvalue weighted by Crippen LogP contribution is 2.32. The van der Waals surface area contributed by atoms with Crippen molar-refractivity contribution in [3.63, 3.8) is 0 Å². The first-order valence-corrected chi connectivity index (χ1v) is 10.8. The Labute approximate surface area is 189 Å². The lowest BCUT2D eigenvalue weighted by Crippen LogP contribution is -2.04. The fourth-order valence-corrected chi connectivity index (χ4v) is 4.30. The molecule has 33 heavy (non-hydrogen) atoms. The van der Waals surface area contributed by atoms with E-state index in [1.54, 1.807) is 7.11 Å². The number of ether oxygens (including phenoxy) is 1. The maximum absolute atomic E-state index is 13.0. The third-order valence-corrected chi connectivity index (χ3v) is 6.03. The Balaban J connectivity index is 1.43. The van der Waals surface area contributed by atoms with Gasteiger partial charge in [-0.05, 0) is 42.8 Å². The SMILES string of the molecule is COc1ccc2c(C)cc3nnc(SCc4nc(-c5cccc(C(F)(F)F)c5)no4)n3c2c1. The summed E-state index contributed by atoms with van der Waals surface area (Å²) in [6, 6.07) is 12.6. The molecule has 3 aromatic heterocycles. The zero-order valence-electron chi connectivity index (χ0n) is 17.4. The maximum Gasteiger partial charge on any atom is 0.416 e. The topological polar surface area (TPSA) is 78.3 Å². The summed E-state index contributed by atoms with van der Waals surface area (Å²) in [5.41, 5.74) is 2.10. The van der Waals surface area contributed by atoms with Crippen LogP contribution < -0.4 is 4.74 Å². The van der Waals surface area contributed by atoms with Crippen LogP contribution in [0.4, 0.5) is 13.2 Å². The number of alkyl halides is 3. The number of halogens is 3. The van der Waals surface area contributed by atoms with Gasteiger partial charge in [0.25, 0.3) is 0 Å². The van der Waals surface area contributed by atoms with Crippen molar-refractivity contribution in [1.82, 2.24) is 24.7 Å². The zero-order valence-corrected chi connectivity index (χ0v) is 18.2. The third kappa shape index (κ3) is 3.99. The molecule has 7 nitrogen and oxygen atoms in total. The highest BCUT2D eigenvalue weighted by atomic mass is 32.2. The summed E-state index contributed by atoms with van der Waals surface area (Å²) in [7, 11) is 1.60. The number of rotatable bonds is 5. The number of methoxy groups -OCH3 is 1. The van der Waals surface area contributed by atoms with Crippen LogP contribution in [0.25, 0.3) is 27.9 Å². The van der Waals surface area contributed by atoms with Crippen LogP contribution in [0.1, 0.15) is 17.0 Å². The van der Waals surface area contributed by atoms with Crippen molar-refractivity contribution in [3.05, 3.63) is 65.5 Å². The summed E-state index contributed by atoms with van der Waals surface area (Å²) in [4.78, 5) is 4.24. The van der Waals surface area contributed by atoms with Crippen LogP contribution in [-0.2, 0) is 11.9 Å². The molecule has 0 aliphatic carbocycles. The lowest BCUT2D eigenvalue weighted by atomic mass is 10.1. The molecule has 0 saturated heterocycles. The Kier molecular flexibility index (Phi) is 5.20. The van der Waals surface area contributed by atoms with E-state index in [2.05, 4.69) is 20.3 Å². The van der Waals surface area contributed by atoms with Gasteiger partial charge in [0.15, 0.2) is 10.8 Å². The number of hydrogen-bond acceptors (Lipinski definition) is 7. The van der Waals surface area contributed by atoms with Gasteiger partial charge in [-0.1, -0.05) is 29.1 Å². The van der Waals surface area contributed by atoms with Gasteiger partial charge in [-0.2, -0.15) is 18.2 Å². The van der Waals surface area contributed by atoms with Crippen LogP contribution in [0.15, 0.2) is 58.2 Å². The van der Waals surface area contributed by atoms with E-state index in [1.807, 2.05) is 35.6 Å². The molecule has 168 valence electrons. The molecule has 0 bridgehead atoms. The first-order chi connectivity index (χ1) is 15.8. The van der Waals surface area contributed by atoms with Crippen molar-refractivity contribution in [2.45, 2.75) is 24.0 Å². The van der Waals surface area contributed by atoms with E-state index in [1.165, 1.54) is 23.9 Å². The van der Waals surface area contributed by atoms with Crippen molar-refractivity contribution in [2.24, 2.45) is 0 Å². The van der Waals surface area contributed by atoms with Gasteiger partial charge in [0.2, 0.25) is 11.7 Å². The van der Waals surface area contributed by atoms with Crippen molar-refractivity contribution in [3.8, 4) is 17.1 Å². The summed E-state index contributed by atoms with van der Waals surface area (Å²) in [6.45, 7) is 2.00. The van der Waals surface area contributed by atoms with Gasteiger partial charge < -0.3 is 9.26 Å². The fourth-order valence-electron chi connectivity index (χ4n) is 3.51. The molecular formula is C22H16F3N5O2S. The summed E-state index contributed by atoms with van der Waals surface area (Å²) in [6.07, 6.45) is -4.45. The van der Waals surface area contributed by atoms with Crippen molar-refractivity contribution >= 4 is 28.3 Å². The van der Waals surface area contributed by atoms with Crippen LogP contribution in [0.2, 0.25) is 0 Å². The van der Waals surface area contributed by atoms with E-state index in [-0.39, 0.29) is 23.0 Å². The zero-order chi connectivity index (χ0) is 23.2. The molecule has 2 aromatic carbocycles. The average molecular weight is 471 g/mol. The van der Waals surface area contributed by atoms with Crippen molar-refractivity contribution < 1.29 is 22.4 Å². The number of aromatic nitrogens is 5. The highest BCUT2D eigenvalue weighted by Gasteiger charge is 2.30. The fraction of sp³-hybridized carbons (Fsp3) is 0.182. The first kappa shape index (κ1) is 21.3. The van der Waals surface area contributed by atoms with E-state index < -0.39 is 11.7 Å². The quantitative estimate of drug-likeness (QED) is 0.311. The third-order valence-electron chi connectivity index (χ3n) is 5.12. The highest BCUT2D eigenvalue weighted by molar-refractivity contribution is 7.98. The minimum Gasteiger partial charge on any atom is -0.497 e. The number of aryl methyl sites for hydroxylation is 1. The second-order valence-electron chi connectivity index (χ2n) is 7.27. The van der Waals surface area contributed by atoms with Gasteiger partial charge in [0, 0.05) is 17.0 Å². The Morgan fingerprint density at radius 1 is 1.09 bits per heavy atom. The first-order valence-electron chi connectivity index (χ1n) is 9.79. The van der Waals surface area contributed by atoms with Crippen LogP contribution in [0.5, 0.6) is 5.75 Å². The van der Waals surface area contributed by atoms with E-state index >= 15 is 0 Å². The molecule has 0 amide bonds. The summed E-state index contributed by atoms with van der Waals surface area (Å²) in [5, 5.41) is 14.0. The van der Waals surface area contributed by atoms with Gasteiger partial charge >= 0.3 is 6.18 Å². The van der Waals surface area contributed by atoms with Gasteiger partial charge in [-0.3, -0.25) is 4.40 Å². The minimum atomic E-state index is -4.45. The maximum atomic E-state index is 13.0. The number of pyridine rings is 1. The molecule has 5 rings (SSSR count). The molecule has 0 N–H and O–H groups in total. The molecule has 0 aliphatic rings. The van der Waals surface area contributed by atoms with E-state index in [0.29, 0.717) is 16.6 Å². The molecule has 0 radical (unpaired) electrons. The van der Waals surface area contributed by atoms with E-state index in [0.717, 1.165) is 28.6 Å². The molecule has 3 heterocycles. The molecule has 0 saturated carbocycles. The lowest BCUT2D eigenvalue weighted by Gasteiger charge is -2.09. The summed E-state index contributed by atoms with van der Waals surface area (Å²) < 4.78 is 51.5. The number of fused-ring (bicyclic) bond motifs is 3. The number of benzene rings is 2. The lowest BCUT2D eigenvalue weighted by molar-refractivity contribution is -0.137. The van der Waals surface area contributed by atoms with E-state index in [9.17, 15) is 13.2 Å². The molecule has 0 unspecified atom stereocenters. The average Bonchev–Trinajstić information content (AvgIpc) is 3.44. The van der Waals surface area contributed by atoms with Gasteiger partial charge in [-0.25, -0.2) is 0 Å². The molecular weight excluding hydrogens is 455 g/mol. The predicted octanol–water partition coefficient (Wildman–Crippen LogP) is 5.56. The second-order valence-corrected chi connectivity index (χ2v) is 8.21. The van der Waals surface area contributed by atoms with Crippen molar-refractivity contribution in [1.29, 1.82) is 0 Å². The molecule has 0 fully saturated rings. The summed E-state index contributed by atoms with van der Waals surface area (Å²) in [5.74, 6) is 1.33. The standard InChI is InChI=1S/C22H16F3N5O2S/c1-12-8-18-27-28-21(30(18)17-10-15(31-2)6-7-16(12)17)33-11-19-26-20(29-32-19)13-4-3-5-14(9-13)22(23,24)25/h3-10H,11H2,1-2H3. The molecule has 0 aliphatic heterocycles. The monoisotopic (exact) mass is 471 g/mol. The predicted molar refractivity (Wildman–Crippen MR) is 116 cm³/mol. The molecule has 0 spiro atoms. The molecule has 0 atom stereocenters. The largest absolute Gasteiger partial charge is 0.497 e. The molecule has 5 aromatic rings. The Hall–Kier alpha value is -3.60. The van der Waals surface area contributed by atoms with Crippen LogP contribution in [-0.4, -0.2) is 31.8 Å². The number of hydrogen-bond donors (Lipinski definition) is 0. The second kappa shape index (κ2) is 8.07. The van der Waals surface area contributed by atoms with Gasteiger partial charge in [0.1, 0.15) is 5.75 Å². The van der Waals surface area contributed by atoms with Gasteiger partial charge in [0.05, 0.1) is 23.9 Å². The van der Waals surface area contributed by atoms with Crippen LogP contribution >= 0.6 is 11.8 Å². The van der Waals surface area contributed by atoms with Crippen LogP contribution in [0.3, 0.4) is 0 Å². The van der Waals surface area contributed by atoms with Crippen molar-refractivity contribution in [2.75, 3.05) is 7.11 Å². The smallest absolute Gasteiger partial charge is 0.416 e.